The van der Waals surface area contributed by atoms with E-state index in [0.717, 1.165) is 25.2 Å². The van der Waals surface area contributed by atoms with Crippen molar-refractivity contribution >= 4 is 0 Å². The maximum atomic E-state index is 13.0. The number of nitrogens with one attached hydrogen (secondary N) is 1. The predicted octanol–water partition coefficient (Wildman–Crippen LogP) is 3.04. The Kier molecular flexibility index (Phi) is 6.91. The van der Waals surface area contributed by atoms with Gasteiger partial charge >= 0.3 is 0 Å². The summed E-state index contributed by atoms with van der Waals surface area (Å²) in [6.45, 7) is 7.17. The van der Waals surface area contributed by atoms with Gasteiger partial charge in [-0.1, -0.05) is 26.0 Å². The Morgan fingerprint density at radius 1 is 1.28 bits per heavy atom. The second kappa shape index (κ2) is 8.22. The largest absolute Gasteiger partial charge is 0.313 e. The molecule has 0 saturated carbocycles. The summed E-state index contributed by atoms with van der Waals surface area (Å²) in [5.41, 5.74) is 1.03. The summed E-state index contributed by atoms with van der Waals surface area (Å²) in [6, 6.07) is 7.44. The topological polar surface area (TPSA) is 15.3 Å². The van der Waals surface area contributed by atoms with Crippen LogP contribution in [-0.4, -0.2) is 31.1 Å². The third-order valence-electron chi connectivity index (χ3n) is 3.25. The number of benzene rings is 1. The van der Waals surface area contributed by atoms with Crippen molar-refractivity contribution in [1.82, 2.24) is 10.2 Å². The molecule has 0 spiro atoms. The molecule has 1 N–H and O–H groups in total. The molecule has 0 fully saturated rings. The third-order valence-corrected chi connectivity index (χ3v) is 3.25. The van der Waals surface area contributed by atoms with E-state index in [0.29, 0.717) is 6.04 Å². The first kappa shape index (κ1) is 15.1. The van der Waals surface area contributed by atoms with Gasteiger partial charge in [0.25, 0.3) is 0 Å². The number of hydrogen-bond donors (Lipinski definition) is 1. The normalized spacial score (nSPS) is 11.4. The molecule has 0 bridgehead atoms. The Labute approximate surface area is 110 Å². The molecule has 0 aliphatic heterocycles. The molecule has 102 valence electrons. The number of nitrogens with zero attached hydrogens (tertiary/aromatic N) is 1. The average Bonchev–Trinajstić information content (AvgIpc) is 2.34. The molecule has 1 aromatic carbocycles. The lowest BCUT2D eigenvalue weighted by Crippen LogP contribution is -2.35. The Morgan fingerprint density at radius 3 is 2.61 bits per heavy atom. The Balaban J connectivity index is 2.27. The van der Waals surface area contributed by atoms with Gasteiger partial charge in [0.2, 0.25) is 0 Å². The Morgan fingerprint density at radius 2 is 2.00 bits per heavy atom. The predicted molar refractivity (Wildman–Crippen MR) is 75.1 cm³/mol. The van der Waals surface area contributed by atoms with Gasteiger partial charge in [0.1, 0.15) is 5.82 Å². The zero-order chi connectivity index (χ0) is 13.4. The Bertz CT molecular complexity index is 337. The van der Waals surface area contributed by atoms with Crippen LogP contribution < -0.4 is 5.32 Å². The lowest BCUT2D eigenvalue weighted by Gasteiger charge is -2.20. The van der Waals surface area contributed by atoms with Crippen molar-refractivity contribution in [3.05, 3.63) is 35.6 Å². The molecule has 0 atom stereocenters. The fraction of sp³-hybridized carbons (Fsp3) is 0.600. The summed E-state index contributed by atoms with van der Waals surface area (Å²) in [6.07, 6.45) is 2.34. The molecule has 1 aromatic rings. The monoisotopic (exact) mass is 252 g/mol. The van der Waals surface area contributed by atoms with Crippen LogP contribution >= 0.6 is 0 Å². The molecule has 0 radical (unpaired) electrons. The van der Waals surface area contributed by atoms with Gasteiger partial charge in [-0.2, -0.15) is 0 Å². The smallest absolute Gasteiger partial charge is 0.123 e. The van der Waals surface area contributed by atoms with Crippen molar-refractivity contribution in [2.75, 3.05) is 20.1 Å². The summed E-state index contributed by atoms with van der Waals surface area (Å²) in [7, 11) is 2.07. The molecule has 0 aromatic heterocycles. The van der Waals surface area contributed by atoms with Crippen LogP contribution in [0.1, 0.15) is 32.3 Å². The van der Waals surface area contributed by atoms with Crippen LogP contribution in [0, 0.1) is 5.82 Å². The first-order chi connectivity index (χ1) is 8.65. The van der Waals surface area contributed by atoms with E-state index in [2.05, 4.69) is 31.1 Å². The number of likely N-dealkylation sites (N-methyl/N-ethyl adjacent to an activating group) is 1. The first-order valence-electron chi connectivity index (χ1n) is 6.82. The molecule has 0 heterocycles. The average molecular weight is 252 g/mol. The molecular formula is C15H25FN2. The zero-order valence-electron chi connectivity index (χ0n) is 11.7. The summed E-state index contributed by atoms with van der Waals surface area (Å²) in [5, 5.41) is 3.53. The minimum absolute atomic E-state index is 0.156. The zero-order valence-corrected chi connectivity index (χ0v) is 11.7. The van der Waals surface area contributed by atoms with E-state index < -0.39 is 0 Å². The second-order valence-corrected chi connectivity index (χ2v) is 4.84. The fourth-order valence-corrected chi connectivity index (χ4v) is 2.06. The van der Waals surface area contributed by atoms with Gasteiger partial charge in [-0.3, -0.25) is 0 Å². The minimum Gasteiger partial charge on any atom is -0.313 e. The van der Waals surface area contributed by atoms with Gasteiger partial charge in [-0.05, 0) is 37.6 Å². The van der Waals surface area contributed by atoms with Gasteiger partial charge < -0.3 is 10.2 Å². The van der Waals surface area contributed by atoms with Crippen molar-refractivity contribution in [3.8, 4) is 0 Å². The highest BCUT2D eigenvalue weighted by atomic mass is 19.1. The molecule has 0 saturated heterocycles. The molecule has 18 heavy (non-hydrogen) atoms. The summed E-state index contributed by atoms with van der Waals surface area (Å²) in [5.74, 6) is -0.156. The van der Waals surface area contributed by atoms with E-state index in [1.54, 1.807) is 12.1 Å². The molecule has 0 aliphatic rings. The number of rotatable bonds is 8. The standard InChI is InChI=1S/C15H25FN2/c1-4-15(5-2)17-9-10-18(3)12-13-7-6-8-14(16)11-13/h6-8,11,15,17H,4-5,9-10,12H2,1-3H3. The van der Waals surface area contributed by atoms with Gasteiger partial charge in [0.15, 0.2) is 0 Å². The highest BCUT2D eigenvalue weighted by Gasteiger charge is 2.04. The van der Waals surface area contributed by atoms with Crippen molar-refractivity contribution < 1.29 is 4.39 Å². The molecule has 3 heteroatoms. The van der Waals surface area contributed by atoms with Gasteiger partial charge in [-0.15, -0.1) is 0 Å². The third kappa shape index (κ3) is 5.61. The maximum Gasteiger partial charge on any atom is 0.123 e. The van der Waals surface area contributed by atoms with Crippen LogP contribution in [-0.2, 0) is 6.54 Å². The van der Waals surface area contributed by atoms with Crippen molar-refractivity contribution in [1.29, 1.82) is 0 Å². The first-order valence-corrected chi connectivity index (χ1v) is 6.82. The van der Waals surface area contributed by atoms with E-state index in [1.807, 2.05) is 6.07 Å². The van der Waals surface area contributed by atoms with E-state index in [9.17, 15) is 4.39 Å². The summed E-state index contributed by atoms with van der Waals surface area (Å²) < 4.78 is 13.0. The van der Waals surface area contributed by atoms with Gasteiger partial charge in [0, 0.05) is 25.7 Å². The van der Waals surface area contributed by atoms with E-state index in [-0.39, 0.29) is 5.82 Å². The highest BCUT2D eigenvalue weighted by molar-refractivity contribution is 5.15. The summed E-state index contributed by atoms with van der Waals surface area (Å²) in [4.78, 5) is 2.21. The van der Waals surface area contributed by atoms with E-state index in [4.69, 9.17) is 0 Å². The van der Waals surface area contributed by atoms with Crippen LogP contribution in [0.25, 0.3) is 0 Å². The van der Waals surface area contributed by atoms with Gasteiger partial charge in [0.05, 0.1) is 0 Å². The molecule has 0 aliphatic carbocycles. The molecule has 2 nitrogen and oxygen atoms in total. The number of hydrogen-bond acceptors (Lipinski definition) is 2. The van der Waals surface area contributed by atoms with Crippen LogP contribution in [0.2, 0.25) is 0 Å². The van der Waals surface area contributed by atoms with Crippen molar-refractivity contribution in [3.63, 3.8) is 0 Å². The maximum absolute atomic E-state index is 13.0. The molecular weight excluding hydrogens is 227 g/mol. The quantitative estimate of drug-likeness (QED) is 0.765. The van der Waals surface area contributed by atoms with Crippen molar-refractivity contribution in [2.45, 2.75) is 39.3 Å². The number of halogens is 1. The lowest BCUT2D eigenvalue weighted by atomic mass is 10.2. The lowest BCUT2D eigenvalue weighted by molar-refractivity contribution is 0.313. The van der Waals surface area contributed by atoms with E-state index in [1.165, 1.54) is 18.9 Å². The van der Waals surface area contributed by atoms with Crippen LogP contribution in [0.5, 0.6) is 0 Å². The molecule has 1 rings (SSSR count). The minimum atomic E-state index is -0.156. The van der Waals surface area contributed by atoms with Gasteiger partial charge in [-0.25, -0.2) is 4.39 Å². The fourth-order valence-electron chi connectivity index (χ4n) is 2.06. The molecule has 0 unspecified atom stereocenters. The highest BCUT2D eigenvalue weighted by Crippen LogP contribution is 2.05. The molecule has 0 amide bonds. The SMILES string of the molecule is CCC(CC)NCCN(C)Cc1cccc(F)c1. The van der Waals surface area contributed by atoms with E-state index >= 15 is 0 Å². The van der Waals surface area contributed by atoms with Crippen LogP contribution in [0.15, 0.2) is 24.3 Å². The Hall–Kier alpha value is -0.930. The second-order valence-electron chi connectivity index (χ2n) is 4.84. The summed E-state index contributed by atoms with van der Waals surface area (Å²) >= 11 is 0. The van der Waals surface area contributed by atoms with Crippen molar-refractivity contribution in [2.24, 2.45) is 0 Å². The van der Waals surface area contributed by atoms with Crippen LogP contribution in [0.4, 0.5) is 4.39 Å². The van der Waals surface area contributed by atoms with Crippen LogP contribution in [0.3, 0.4) is 0 Å².